The first-order chi connectivity index (χ1) is 15.2. The predicted octanol–water partition coefficient (Wildman–Crippen LogP) is 5.24. The number of amides is 1. The molecule has 0 unspecified atom stereocenters. The number of hydrogen-bond donors (Lipinski definition) is 0. The van der Waals surface area contributed by atoms with Crippen LogP contribution in [0.25, 0.3) is 10.2 Å². The van der Waals surface area contributed by atoms with Gasteiger partial charge in [-0.25, -0.2) is 13.4 Å². The second-order valence-corrected chi connectivity index (χ2v) is 11.7. The molecule has 0 aliphatic carbocycles. The molecule has 11 heteroatoms. The van der Waals surface area contributed by atoms with Crippen molar-refractivity contribution < 1.29 is 13.2 Å². The Labute approximate surface area is 214 Å². The maximum atomic E-state index is 13.2. The summed E-state index contributed by atoms with van der Waals surface area (Å²) in [6.45, 7) is 7.13. The van der Waals surface area contributed by atoms with Crippen molar-refractivity contribution >= 4 is 78.2 Å². The fraction of sp³-hybridized carbons (Fsp3) is 0.364. The maximum Gasteiger partial charge on any atom is 0.239 e. The molecule has 0 saturated carbocycles. The molecule has 0 radical (unpaired) electrons. The number of halogens is 2. The van der Waals surface area contributed by atoms with Crippen LogP contribution in [-0.2, 0) is 14.6 Å². The normalized spacial score (nSPS) is 11.5. The molecule has 180 valence electrons. The molecular formula is C22H27Cl2N3O3S3. The number of thiazole rings is 1. The number of nitrogens with zero attached hydrogens (tertiary/aromatic N) is 3. The Kier molecular flexibility index (Phi) is 10.5. The van der Waals surface area contributed by atoms with Gasteiger partial charge in [0.2, 0.25) is 5.91 Å². The third-order valence-electron chi connectivity index (χ3n) is 5.01. The standard InChI is InChI=1S/C22H26ClN3O3S3.ClH/c1-4-25(5-2)13-14-26(20(27)15-30-17-11-9-16(23)10-12-17)22-24-21-18(31-22)7-6-8-19(21)32(3,28)29;/h6-12H,4-5,13-15H2,1-3H3;1H. The minimum Gasteiger partial charge on any atom is -0.302 e. The molecule has 0 aliphatic heterocycles. The molecule has 0 aliphatic rings. The first-order valence-corrected chi connectivity index (χ1v) is 14.3. The van der Waals surface area contributed by atoms with Crippen LogP contribution in [0.15, 0.2) is 52.3 Å². The highest BCUT2D eigenvalue weighted by Crippen LogP contribution is 2.33. The average molecular weight is 549 g/mol. The van der Waals surface area contributed by atoms with E-state index in [9.17, 15) is 13.2 Å². The number of carbonyl (C=O) groups excluding carboxylic acids is 1. The zero-order valence-corrected chi connectivity index (χ0v) is 22.7. The smallest absolute Gasteiger partial charge is 0.239 e. The summed E-state index contributed by atoms with van der Waals surface area (Å²) in [7, 11) is -3.43. The van der Waals surface area contributed by atoms with Crippen molar-refractivity contribution in [2.45, 2.75) is 23.6 Å². The number of carbonyl (C=O) groups is 1. The van der Waals surface area contributed by atoms with Gasteiger partial charge >= 0.3 is 0 Å². The third kappa shape index (κ3) is 7.31. The van der Waals surface area contributed by atoms with E-state index in [2.05, 4.69) is 23.7 Å². The summed E-state index contributed by atoms with van der Waals surface area (Å²) in [6.07, 6.45) is 1.17. The van der Waals surface area contributed by atoms with E-state index in [-0.39, 0.29) is 29.0 Å². The van der Waals surface area contributed by atoms with Crippen molar-refractivity contribution in [1.29, 1.82) is 0 Å². The highest BCUT2D eigenvalue weighted by atomic mass is 35.5. The second kappa shape index (κ2) is 12.4. The highest BCUT2D eigenvalue weighted by molar-refractivity contribution is 8.00. The molecule has 2 aromatic carbocycles. The van der Waals surface area contributed by atoms with Crippen LogP contribution in [0.5, 0.6) is 0 Å². The molecule has 0 spiro atoms. The molecule has 1 aromatic heterocycles. The number of fused-ring (bicyclic) bond motifs is 1. The van der Waals surface area contributed by atoms with Gasteiger partial charge in [0.05, 0.1) is 15.3 Å². The van der Waals surface area contributed by atoms with Crippen LogP contribution in [0.2, 0.25) is 5.02 Å². The number of likely N-dealkylation sites (N-methyl/N-ethyl adjacent to an activating group) is 1. The van der Waals surface area contributed by atoms with Gasteiger partial charge in [0.25, 0.3) is 0 Å². The van der Waals surface area contributed by atoms with E-state index in [1.54, 1.807) is 29.2 Å². The van der Waals surface area contributed by atoms with Gasteiger partial charge in [0.1, 0.15) is 5.52 Å². The van der Waals surface area contributed by atoms with E-state index >= 15 is 0 Å². The van der Waals surface area contributed by atoms with Crippen LogP contribution in [0, 0.1) is 0 Å². The van der Waals surface area contributed by atoms with Crippen molar-refractivity contribution in [3.8, 4) is 0 Å². The van der Waals surface area contributed by atoms with Gasteiger partial charge < -0.3 is 4.90 Å². The Morgan fingerprint density at radius 1 is 1.09 bits per heavy atom. The molecule has 33 heavy (non-hydrogen) atoms. The lowest BCUT2D eigenvalue weighted by Crippen LogP contribution is -2.39. The topological polar surface area (TPSA) is 70.6 Å². The summed E-state index contributed by atoms with van der Waals surface area (Å²) in [5, 5.41) is 1.17. The van der Waals surface area contributed by atoms with Gasteiger partial charge in [0.15, 0.2) is 15.0 Å². The van der Waals surface area contributed by atoms with Gasteiger partial charge in [-0.1, -0.05) is 42.9 Å². The van der Waals surface area contributed by atoms with Crippen LogP contribution in [0.3, 0.4) is 0 Å². The van der Waals surface area contributed by atoms with Crippen LogP contribution in [-0.4, -0.2) is 62.4 Å². The minimum absolute atomic E-state index is 0. The summed E-state index contributed by atoms with van der Waals surface area (Å²) >= 11 is 8.72. The Morgan fingerprint density at radius 3 is 2.36 bits per heavy atom. The summed E-state index contributed by atoms with van der Waals surface area (Å²) in [4.78, 5) is 22.9. The molecule has 0 fully saturated rings. The van der Waals surface area contributed by atoms with Crippen LogP contribution in [0.4, 0.5) is 5.13 Å². The lowest BCUT2D eigenvalue weighted by Gasteiger charge is -2.24. The van der Waals surface area contributed by atoms with E-state index in [4.69, 9.17) is 11.6 Å². The molecule has 3 rings (SSSR count). The number of anilines is 1. The van der Waals surface area contributed by atoms with E-state index < -0.39 is 9.84 Å². The van der Waals surface area contributed by atoms with Crippen molar-refractivity contribution in [3.05, 3.63) is 47.5 Å². The molecule has 0 saturated heterocycles. The van der Waals surface area contributed by atoms with Gasteiger partial charge in [-0.3, -0.25) is 9.69 Å². The number of rotatable bonds is 10. The number of hydrogen-bond acceptors (Lipinski definition) is 7. The van der Waals surface area contributed by atoms with Crippen LogP contribution >= 0.6 is 47.1 Å². The van der Waals surface area contributed by atoms with Crippen LogP contribution < -0.4 is 4.90 Å². The lowest BCUT2D eigenvalue weighted by atomic mass is 10.3. The average Bonchev–Trinajstić information content (AvgIpc) is 3.19. The molecular weight excluding hydrogens is 521 g/mol. The number of aromatic nitrogens is 1. The van der Waals surface area contributed by atoms with E-state index in [0.717, 1.165) is 22.7 Å². The molecule has 1 amide bonds. The third-order valence-corrected chi connectivity index (χ3v) is 8.43. The fourth-order valence-electron chi connectivity index (χ4n) is 3.19. The summed E-state index contributed by atoms with van der Waals surface area (Å²) in [5.74, 6) is 0.173. The van der Waals surface area contributed by atoms with Crippen molar-refractivity contribution in [2.75, 3.05) is 43.1 Å². The van der Waals surface area contributed by atoms with Gasteiger partial charge in [-0.2, -0.15) is 0 Å². The molecule has 0 bridgehead atoms. The second-order valence-electron chi connectivity index (χ2n) is 7.19. The monoisotopic (exact) mass is 547 g/mol. The van der Waals surface area contributed by atoms with E-state index in [1.165, 1.54) is 29.4 Å². The summed E-state index contributed by atoms with van der Waals surface area (Å²) < 4.78 is 25.1. The number of para-hydroxylation sites is 1. The Hall–Kier alpha value is -1.36. The predicted molar refractivity (Wildman–Crippen MR) is 142 cm³/mol. The summed E-state index contributed by atoms with van der Waals surface area (Å²) in [5.41, 5.74) is 0.418. The van der Waals surface area contributed by atoms with Crippen molar-refractivity contribution in [3.63, 3.8) is 0 Å². The molecule has 3 aromatic rings. The largest absolute Gasteiger partial charge is 0.302 e. The number of sulfone groups is 1. The zero-order chi connectivity index (χ0) is 23.3. The van der Waals surface area contributed by atoms with Gasteiger partial charge in [-0.15, -0.1) is 24.2 Å². The molecule has 1 heterocycles. The molecule has 6 nitrogen and oxygen atoms in total. The zero-order valence-electron chi connectivity index (χ0n) is 18.7. The number of benzene rings is 2. The molecule has 0 N–H and O–H groups in total. The Balaban J connectivity index is 0.00000385. The lowest BCUT2D eigenvalue weighted by molar-refractivity contribution is -0.116. The van der Waals surface area contributed by atoms with Crippen molar-refractivity contribution in [2.24, 2.45) is 0 Å². The molecule has 0 atom stereocenters. The quantitative estimate of drug-likeness (QED) is 0.323. The van der Waals surface area contributed by atoms with E-state index in [0.29, 0.717) is 28.8 Å². The van der Waals surface area contributed by atoms with Gasteiger partial charge in [0, 0.05) is 29.3 Å². The Morgan fingerprint density at radius 2 is 1.76 bits per heavy atom. The highest BCUT2D eigenvalue weighted by Gasteiger charge is 2.23. The maximum absolute atomic E-state index is 13.2. The first kappa shape index (κ1) is 27.9. The Bertz CT molecular complexity index is 1180. The van der Waals surface area contributed by atoms with Crippen LogP contribution in [0.1, 0.15) is 13.8 Å². The van der Waals surface area contributed by atoms with Gasteiger partial charge in [-0.05, 0) is 49.5 Å². The number of thioether (sulfide) groups is 1. The summed E-state index contributed by atoms with van der Waals surface area (Å²) in [6, 6.07) is 12.5. The van der Waals surface area contributed by atoms with Crippen molar-refractivity contribution in [1.82, 2.24) is 9.88 Å². The first-order valence-electron chi connectivity index (χ1n) is 10.2. The van der Waals surface area contributed by atoms with E-state index in [1.807, 2.05) is 18.2 Å². The SMILES string of the molecule is CCN(CC)CCN(C(=O)CSc1ccc(Cl)cc1)c1nc2c(S(C)(=O)=O)cccc2s1.Cl. The fourth-order valence-corrected chi connectivity index (χ4v) is 6.02. The minimum atomic E-state index is -3.43.